The van der Waals surface area contributed by atoms with E-state index in [2.05, 4.69) is 24.1 Å². The van der Waals surface area contributed by atoms with Crippen LogP contribution in [0.25, 0.3) is 5.70 Å². The van der Waals surface area contributed by atoms with E-state index in [9.17, 15) is 19.5 Å². The lowest BCUT2D eigenvalue weighted by Crippen LogP contribution is -2.54. The zero-order chi connectivity index (χ0) is 29.4. The molecule has 1 aliphatic heterocycles. The van der Waals surface area contributed by atoms with Crippen molar-refractivity contribution < 1.29 is 19.5 Å². The standard InChI is InChI=1S/C32H38N4O4S/c1-22(2)11-10-16-27-32(40)36(28(20-35(27)23(3)37)25-14-8-5-9-15-25)21-29(38)34-26(19-24-12-6-4-7-13-24)30(39)31-33-17-18-41-31/h4-9,12-15,17-18,20,22,26-27,30,39H,10-11,16,19,21H2,1-3H3,(H,34,38). The number of hydrogen-bond acceptors (Lipinski definition) is 6. The molecule has 0 spiro atoms. The fourth-order valence-electron chi connectivity index (χ4n) is 5.06. The number of hydrogen-bond donors (Lipinski definition) is 2. The van der Waals surface area contributed by atoms with Crippen LogP contribution in [0, 0.1) is 5.92 Å². The minimum atomic E-state index is -1.02. The molecule has 2 aromatic carbocycles. The second-order valence-corrected chi connectivity index (χ2v) is 11.7. The number of nitrogens with zero attached hydrogens (tertiary/aromatic N) is 3. The Hall–Kier alpha value is -3.82. The smallest absolute Gasteiger partial charge is 0.250 e. The number of nitrogens with one attached hydrogen (secondary N) is 1. The molecule has 0 saturated heterocycles. The van der Waals surface area contributed by atoms with Crippen molar-refractivity contribution in [3.63, 3.8) is 0 Å². The molecule has 1 aromatic heterocycles. The highest BCUT2D eigenvalue weighted by atomic mass is 32.1. The van der Waals surface area contributed by atoms with Gasteiger partial charge in [-0.1, -0.05) is 87.4 Å². The molecule has 2 N–H and O–H groups in total. The van der Waals surface area contributed by atoms with Gasteiger partial charge in [0.2, 0.25) is 11.8 Å². The molecule has 4 rings (SSSR count). The molecule has 3 atom stereocenters. The highest BCUT2D eigenvalue weighted by molar-refractivity contribution is 7.09. The van der Waals surface area contributed by atoms with E-state index in [-0.39, 0.29) is 18.4 Å². The van der Waals surface area contributed by atoms with Crippen LogP contribution < -0.4 is 5.32 Å². The summed E-state index contributed by atoms with van der Waals surface area (Å²) in [5.74, 6) is -0.447. The molecule has 2 heterocycles. The predicted molar refractivity (Wildman–Crippen MR) is 160 cm³/mol. The number of benzene rings is 2. The molecule has 0 radical (unpaired) electrons. The maximum atomic E-state index is 14.0. The molecule has 3 amide bonds. The van der Waals surface area contributed by atoms with Gasteiger partial charge in [0, 0.05) is 24.7 Å². The zero-order valence-electron chi connectivity index (χ0n) is 23.8. The van der Waals surface area contributed by atoms with Crippen molar-refractivity contribution in [2.24, 2.45) is 5.92 Å². The van der Waals surface area contributed by atoms with Crippen molar-refractivity contribution in [3.05, 3.63) is 94.6 Å². The van der Waals surface area contributed by atoms with E-state index in [1.54, 1.807) is 17.8 Å². The number of rotatable bonds is 12. The highest BCUT2D eigenvalue weighted by Crippen LogP contribution is 2.30. The van der Waals surface area contributed by atoms with Gasteiger partial charge in [0.05, 0.1) is 11.7 Å². The SMILES string of the molecule is CC(=O)N1C=C(c2ccccc2)N(CC(=O)NC(Cc2ccccc2)C(O)c2nccs2)C(=O)C1CCCC(C)C. The second kappa shape index (κ2) is 14.2. The monoisotopic (exact) mass is 574 g/mol. The van der Waals surface area contributed by atoms with Gasteiger partial charge in [-0.2, -0.15) is 0 Å². The summed E-state index contributed by atoms with van der Waals surface area (Å²) in [4.78, 5) is 47.5. The van der Waals surface area contributed by atoms with Gasteiger partial charge in [-0.05, 0) is 29.9 Å². The van der Waals surface area contributed by atoms with E-state index < -0.39 is 24.1 Å². The average Bonchev–Trinajstić information content (AvgIpc) is 3.50. The first-order valence-electron chi connectivity index (χ1n) is 14.0. The summed E-state index contributed by atoms with van der Waals surface area (Å²) in [6.07, 6.45) is 4.90. The summed E-state index contributed by atoms with van der Waals surface area (Å²) in [6.45, 7) is 5.46. The maximum absolute atomic E-state index is 14.0. The van der Waals surface area contributed by atoms with Gasteiger partial charge in [0.15, 0.2) is 0 Å². The van der Waals surface area contributed by atoms with Crippen LogP contribution in [-0.2, 0) is 20.8 Å². The minimum absolute atomic E-state index is 0.222. The Bertz CT molecular complexity index is 1330. The molecule has 0 bridgehead atoms. The Morgan fingerprint density at radius 2 is 1.76 bits per heavy atom. The van der Waals surface area contributed by atoms with Crippen LogP contribution in [0.5, 0.6) is 0 Å². The fourth-order valence-corrected chi connectivity index (χ4v) is 5.75. The van der Waals surface area contributed by atoms with Gasteiger partial charge in [0.1, 0.15) is 23.7 Å². The molecule has 1 aliphatic rings. The lowest BCUT2D eigenvalue weighted by atomic mass is 9.98. The molecule has 3 aromatic rings. The minimum Gasteiger partial charge on any atom is -0.384 e. The maximum Gasteiger partial charge on any atom is 0.250 e. The zero-order valence-corrected chi connectivity index (χ0v) is 24.6. The molecular formula is C32H38N4O4S. The first-order chi connectivity index (χ1) is 19.7. The molecular weight excluding hydrogens is 536 g/mol. The number of aromatic nitrogens is 1. The van der Waals surface area contributed by atoms with Gasteiger partial charge in [-0.3, -0.25) is 19.3 Å². The lowest BCUT2D eigenvalue weighted by Gasteiger charge is -2.39. The summed E-state index contributed by atoms with van der Waals surface area (Å²) >= 11 is 1.32. The van der Waals surface area contributed by atoms with Crippen LogP contribution >= 0.6 is 11.3 Å². The predicted octanol–water partition coefficient (Wildman–Crippen LogP) is 4.79. The van der Waals surface area contributed by atoms with Crippen LogP contribution in [0.4, 0.5) is 0 Å². The topological polar surface area (TPSA) is 103 Å². The van der Waals surface area contributed by atoms with Crippen molar-refractivity contribution in [2.45, 2.75) is 64.6 Å². The van der Waals surface area contributed by atoms with Crippen molar-refractivity contribution >= 4 is 34.8 Å². The average molecular weight is 575 g/mol. The Labute approximate surface area is 245 Å². The van der Waals surface area contributed by atoms with Crippen LogP contribution in [0.2, 0.25) is 0 Å². The summed E-state index contributed by atoms with van der Waals surface area (Å²) in [5, 5.41) is 16.4. The molecule has 0 fully saturated rings. The Kier molecular flexibility index (Phi) is 10.4. The fraction of sp³-hybridized carbons (Fsp3) is 0.375. The van der Waals surface area contributed by atoms with Crippen molar-refractivity contribution in [3.8, 4) is 0 Å². The second-order valence-electron chi connectivity index (χ2n) is 10.8. The summed E-state index contributed by atoms with van der Waals surface area (Å²) in [5.41, 5.74) is 2.17. The van der Waals surface area contributed by atoms with E-state index in [0.29, 0.717) is 29.5 Å². The van der Waals surface area contributed by atoms with E-state index in [0.717, 1.165) is 24.0 Å². The first-order valence-corrected chi connectivity index (χ1v) is 14.9. The Morgan fingerprint density at radius 1 is 1.07 bits per heavy atom. The molecule has 216 valence electrons. The third-order valence-electron chi connectivity index (χ3n) is 7.16. The van der Waals surface area contributed by atoms with E-state index in [4.69, 9.17) is 0 Å². The van der Waals surface area contributed by atoms with E-state index in [1.165, 1.54) is 28.1 Å². The van der Waals surface area contributed by atoms with Gasteiger partial charge in [-0.15, -0.1) is 11.3 Å². The molecule has 0 saturated carbocycles. The number of aliphatic hydroxyl groups excluding tert-OH is 1. The van der Waals surface area contributed by atoms with Gasteiger partial charge in [-0.25, -0.2) is 4.98 Å². The number of amides is 3. The van der Waals surface area contributed by atoms with Crippen molar-refractivity contribution in [1.29, 1.82) is 0 Å². The van der Waals surface area contributed by atoms with Crippen LogP contribution in [0.15, 0.2) is 78.4 Å². The number of carbonyl (C=O) groups excluding carboxylic acids is 3. The molecule has 9 heteroatoms. The van der Waals surface area contributed by atoms with E-state index >= 15 is 0 Å². The van der Waals surface area contributed by atoms with Crippen LogP contribution in [0.3, 0.4) is 0 Å². The van der Waals surface area contributed by atoms with Gasteiger partial charge >= 0.3 is 0 Å². The largest absolute Gasteiger partial charge is 0.384 e. The summed E-state index contributed by atoms with van der Waals surface area (Å²) in [6, 6.07) is 17.6. The van der Waals surface area contributed by atoms with Gasteiger partial charge in [0.25, 0.3) is 5.91 Å². The third-order valence-corrected chi connectivity index (χ3v) is 8.01. The Morgan fingerprint density at radius 3 is 2.37 bits per heavy atom. The molecule has 0 aliphatic carbocycles. The number of carbonyl (C=O) groups is 3. The van der Waals surface area contributed by atoms with Crippen molar-refractivity contribution in [1.82, 2.24) is 20.1 Å². The Balaban J connectivity index is 1.61. The van der Waals surface area contributed by atoms with Crippen LogP contribution in [-0.4, -0.2) is 56.2 Å². The quantitative estimate of drug-likeness (QED) is 0.324. The molecule has 8 nitrogen and oxygen atoms in total. The summed E-state index contributed by atoms with van der Waals surface area (Å²) < 4.78 is 0. The third kappa shape index (κ3) is 7.89. The van der Waals surface area contributed by atoms with Crippen molar-refractivity contribution in [2.75, 3.05) is 6.54 Å². The first kappa shape index (κ1) is 30.1. The lowest BCUT2D eigenvalue weighted by molar-refractivity contribution is -0.143. The van der Waals surface area contributed by atoms with E-state index in [1.807, 2.05) is 60.7 Å². The molecule has 41 heavy (non-hydrogen) atoms. The number of thiazole rings is 1. The van der Waals surface area contributed by atoms with Gasteiger partial charge < -0.3 is 15.3 Å². The summed E-state index contributed by atoms with van der Waals surface area (Å²) in [7, 11) is 0. The normalized spacial score (nSPS) is 16.9. The van der Waals surface area contributed by atoms with Crippen LogP contribution in [0.1, 0.15) is 62.3 Å². The number of aliphatic hydroxyl groups is 1. The highest BCUT2D eigenvalue weighted by Gasteiger charge is 2.38. The molecule has 3 unspecified atom stereocenters.